The third-order valence-electron chi connectivity index (χ3n) is 3.21. The average molecular weight is 251 g/mol. The molecule has 1 atom stereocenters. The minimum absolute atomic E-state index is 0.0658. The van der Waals surface area contributed by atoms with Gasteiger partial charge in [0.05, 0.1) is 5.60 Å². The van der Waals surface area contributed by atoms with Gasteiger partial charge in [0, 0.05) is 32.0 Å². The van der Waals surface area contributed by atoms with Crippen LogP contribution in [-0.4, -0.2) is 33.3 Å². The lowest BCUT2D eigenvalue weighted by Crippen LogP contribution is -2.35. The van der Waals surface area contributed by atoms with Crippen LogP contribution in [0.15, 0.2) is 17.2 Å². The zero-order chi connectivity index (χ0) is 13.3. The Morgan fingerprint density at radius 1 is 1.56 bits per heavy atom. The molecule has 1 fully saturated rings. The molecule has 2 rings (SSSR count). The highest BCUT2D eigenvalue weighted by Crippen LogP contribution is 2.22. The van der Waals surface area contributed by atoms with Gasteiger partial charge in [0.15, 0.2) is 5.82 Å². The molecule has 0 aromatic carbocycles. The van der Waals surface area contributed by atoms with Gasteiger partial charge in [-0.2, -0.15) is 0 Å². The topological polar surface area (TPSA) is 58.4 Å². The van der Waals surface area contributed by atoms with E-state index in [1.807, 2.05) is 4.90 Å². The van der Waals surface area contributed by atoms with E-state index < -0.39 is 5.60 Å². The summed E-state index contributed by atoms with van der Waals surface area (Å²) < 4.78 is 1.69. The summed E-state index contributed by atoms with van der Waals surface area (Å²) in [6.45, 7) is 7.80. The smallest absolute Gasteiger partial charge is 0.293 e. The molecule has 2 heterocycles. The summed E-state index contributed by atoms with van der Waals surface area (Å²) in [5.74, 6) is 0.871. The molecular formula is C13H21N3O2. The van der Waals surface area contributed by atoms with E-state index in [-0.39, 0.29) is 5.56 Å². The van der Waals surface area contributed by atoms with Crippen molar-refractivity contribution in [3.05, 3.63) is 22.7 Å². The lowest BCUT2D eigenvalue weighted by Gasteiger charge is -2.20. The minimum atomic E-state index is -0.715. The van der Waals surface area contributed by atoms with Crippen LogP contribution in [0.3, 0.4) is 0 Å². The highest BCUT2D eigenvalue weighted by molar-refractivity contribution is 5.38. The zero-order valence-corrected chi connectivity index (χ0v) is 11.3. The summed E-state index contributed by atoms with van der Waals surface area (Å²) in [7, 11) is 0. The van der Waals surface area contributed by atoms with E-state index in [4.69, 9.17) is 0 Å². The SMILES string of the molecule is CC(C)Cn1ccnc(N2CCC(C)(O)C2)c1=O. The van der Waals surface area contributed by atoms with E-state index in [1.165, 1.54) is 0 Å². The van der Waals surface area contributed by atoms with Gasteiger partial charge >= 0.3 is 0 Å². The fourth-order valence-electron chi connectivity index (χ4n) is 2.32. The Morgan fingerprint density at radius 3 is 2.83 bits per heavy atom. The molecule has 0 aliphatic carbocycles. The summed E-state index contributed by atoms with van der Waals surface area (Å²) in [4.78, 5) is 18.3. The monoisotopic (exact) mass is 251 g/mol. The second kappa shape index (κ2) is 4.72. The van der Waals surface area contributed by atoms with Crippen LogP contribution in [0.1, 0.15) is 27.2 Å². The Morgan fingerprint density at radius 2 is 2.28 bits per heavy atom. The molecule has 1 N–H and O–H groups in total. The van der Waals surface area contributed by atoms with Gasteiger partial charge in [-0.05, 0) is 19.3 Å². The van der Waals surface area contributed by atoms with Gasteiger partial charge < -0.3 is 14.6 Å². The maximum Gasteiger partial charge on any atom is 0.293 e. The van der Waals surface area contributed by atoms with Crippen LogP contribution in [0, 0.1) is 5.92 Å². The van der Waals surface area contributed by atoms with E-state index in [1.54, 1.807) is 23.9 Å². The van der Waals surface area contributed by atoms with Crippen LogP contribution in [0.25, 0.3) is 0 Å². The maximum absolute atomic E-state index is 12.3. The number of β-amino-alcohol motifs (C(OH)–C–C–N with tert-alkyl or cyclic N) is 1. The summed E-state index contributed by atoms with van der Waals surface area (Å²) >= 11 is 0. The first kappa shape index (κ1) is 13.1. The molecule has 5 nitrogen and oxygen atoms in total. The molecule has 1 aromatic heterocycles. The van der Waals surface area contributed by atoms with Gasteiger partial charge in [-0.1, -0.05) is 13.8 Å². The van der Waals surface area contributed by atoms with E-state index in [0.717, 1.165) is 0 Å². The van der Waals surface area contributed by atoms with E-state index in [2.05, 4.69) is 18.8 Å². The molecule has 0 spiro atoms. The number of hydrogen-bond acceptors (Lipinski definition) is 4. The largest absolute Gasteiger partial charge is 0.388 e. The van der Waals surface area contributed by atoms with E-state index >= 15 is 0 Å². The Bertz CT molecular complexity index is 479. The Kier molecular flexibility index (Phi) is 3.43. The molecule has 1 aliphatic heterocycles. The quantitative estimate of drug-likeness (QED) is 0.865. The molecule has 0 radical (unpaired) electrons. The Hall–Kier alpha value is -1.36. The van der Waals surface area contributed by atoms with Crippen molar-refractivity contribution in [3.63, 3.8) is 0 Å². The summed E-state index contributed by atoms with van der Waals surface area (Å²) in [5.41, 5.74) is -0.781. The predicted octanol–water partition coefficient (Wildman–Crippen LogP) is 0.860. The first-order valence-electron chi connectivity index (χ1n) is 6.42. The molecule has 5 heteroatoms. The second-order valence-electron chi connectivity index (χ2n) is 5.77. The van der Waals surface area contributed by atoms with Crippen LogP contribution in [0.5, 0.6) is 0 Å². The normalized spacial score (nSPS) is 23.9. The lowest BCUT2D eigenvalue weighted by atomic mass is 10.1. The molecule has 18 heavy (non-hydrogen) atoms. The van der Waals surface area contributed by atoms with Crippen molar-refractivity contribution in [2.24, 2.45) is 5.92 Å². The van der Waals surface area contributed by atoms with Gasteiger partial charge in [0.1, 0.15) is 0 Å². The first-order valence-corrected chi connectivity index (χ1v) is 6.42. The van der Waals surface area contributed by atoms with Crippen molar-refractivity contribution in [1.29, 1.82) is 0 Å². The summed E-state index contributed by atoms with van der Waals surface area (Å²) in [5, 5.41) is 9.95. The van der Waals surface area contributed by atoms with Crippen molar-refractivity contribution in [2.75, 3.05) is 18.0 Å². The van der Waals surface area contributed by atoms with Crippen molar-refractivity contribution in [3.8, 4) is 0 Å². The summed E-state index contributed by atoms with van der Waals surface area (Å²) in [6.07, 6.45) is 4.05. The predicted molar refractivity (Wildman–Crippen MR) is 70.8 cm³/mol. The number of aromatic nitrogens is 2. The van der Waals surface area contributed by atoms with Crippen molar-refractivity contribution in [1.82, 2.24) is 9.55 Å². The molecule has 0 saturated carbocycles. The molecule has 1 aromatic rings. The van der Waals surface area contributed by atoms with Crippen molar-refractivity contribution in [2.45, 2.75) is 39.3 Å². The van der Waals surface area contributed by atoms with Crippen LogP contribution >= 0.6 is 0 Å². The number of hydrogen-bond donors (Lipinski definition) is 1. The number of rotatable bonds is 3. The second-order valence-corrected chi connectivity index (χ2v) is 5.77. The lowest BCUT2D eigenvalue weighted by molar-refractivity contribution is 0.0839. The molecule has 0 amide bonds. The fraction of sp³-hybridized carbons (Fsp3) is 0.692. The van der Waals surface area contributed by atoms with Crippen molar-refractivity contribution >= 4 is 5.82 Å². The minimum Gasteiger partial charge on any atom is -0.388 e. The molecule has 1 unspecified atom stereocenters. The molecule has 100 valence electrons. The average Bonchev–Trinajstić information content (AvgIpc) is 2.61. The first-order chi connectivity index (χ1) is 8.39. The fourth-order valence-corrected chi connectivity index (χ4v) is 2.32. The van der Waals surface area contributed by atoms with Crippen LogP contribution in [-0.2, 0) is 6.54 Å². The van der Waals surface area contributed by atoms with Gasteiger partial charge in [0.2, 0.25) is 0 Å². The van der Waals surface area contributed by atoms with Crippen LogP contribution in [0.4, 0.5) is 5.82 Å². The standard InChI is InChI=1S/C13H21N3O2/c1-10(2)8-15-7-5-14-11(12(15)17)16-6-4-13(3,18)9-16/h5,7,10,18H,4,6,8-9H2,1-3H3. The van der Waals surface area contributed by atoms with Gasteiger partial charge in [-0.25, -0.2) is 4.98 Å². The molecule has 0 bridgehead atoms. The van der Waals surface area contributed by atoms with Crippen LogP contribution < -0.4 is 10.5 Å². The maximum atomic E-state index is 12.3. The number of anilines is 1. The Labute approximate surface area is 107 Å². The summed E-state index contributed by atoms with van der Waals surface area (Å²) in [6, 6.07) is 0. The highest BCUT2D eigenvalue weighted by Gasteiger charge is 2.33. The number of nitrogens with zero attached hydrogens (tertiary/aromatic N) is 3. The van der Waals surface area contributed by atoms with E-state index in [0.29, 0.717) is 37.8 Å². The van der Waals surface area contributed by atoms with E-state index in [9.17, 15) is 9.90 Å². The zero-order valence-electron chi connectivity index (χ0n) is 11.3. The number of aliphatic hydroxyl groups is 1. The third kappa shape index (κ3) is 2.72. The van der Waals surface area contributed by atoms with Gasteiger partial charge in [0.25, 0.3) is 5.56 Å². The molecular weight excluding hydrogens is 230 g/mol. The third-order valence-corrected chi connectivity index (χ3v) is 3.21. The molecule has 1 aliphatic rings. The van der Waals surface area contributed by atoms with Gasteiger partial charge in [-0.15, -0.1) is 0 Å². The highest BCUT2D eigenvalue weighted by atomic mass is 16.3. The van der Waals surface area contributed by atoms with Crippen LogP contribution in [0.2, 0.25) is 0 Å². The van der Waals surface area contributed by atoms with Crippen molar-refractivity contribution < 1.29 is 5.11 Å². The van der Waals surface area contributed by atoms with Gasteiger partial charge in [-0.3, -0.25) is 4.79 Å². The molecule has 1 saturated heterocycles. The Balaban J connectivity index is 2.27.